The molecule has 64 heavy (non-hydrogen) atoms. The molecule has 7 rings (SSSR count). The van der Waals surface area contributed by atoms with Crippen LogP contribution in [0.2, 0.25) is 0 Å². The van der Waals surface area contributed by atoms with Crippen LogP contribution in [0.15, 0.2) is 0 Å². The van der Waals surface area contributed by atoms with Gasteiger partial charge in [-0.2, -0.15) is 0 Å². The van der Waals surface area contributed by atoms with Crippen LogP contribution in [0.1, 0.15) is 139 Å². The first kappa shape index (κ1) is 49.4. The largest absolute Gasteiger partial charge is 0.459 e. The summed E-state index contributed by atoms with van der Waals surface area (Å²) in [7, 11) is 0. The van der Waals surface area contributed by atoms with Gasteiger partial charge < -0.3 is 62.7 Å². The average Bonchev–Trinajstić information content (AvgIpc) is 3.48. The lowest BCUT2D eigenvalue weighted by Crippen LogP contribution is -2.63. The fourth-order valence-corrected chi connectivity index (χ4v) is 13.7. The lowest BCUT2D eigenvalue weighted by Gasteiger charge is -2.64. The molecule has 364 valence electrons. The maximum Gasteiger partial charge on any atom is 0.303 e. The summed E-state index contributed by atoms with van der Waals surface area (Å²) in [5.41, 5.74) is -1.23. The number of hydrogen-bond acceptors (Lipinski definition) is 17. The fraction of sp³-hybridized carbons (Fsp3) is 0.915. The Labute approximate surface area is 377 Å². The minimum Gasteiger partial charge on any atom is -0.459 e. The molecule has 0 radical (unpaired) electrons. The summed E-state index contributed by atoms with van der Waals surface area (Å²) in [6.07, 6.45) is -1.99. The van der Waals surface area contributed by atoms with Gasteiger partial charge in [-0.15, -0.1) is 0 Å². The third-order valence-electron chi connectivity index (χ3n) is 16.6. The van der Waals surface area contributed by atoms with E-state index >= 15 is 0 Å². The molecule has 17 nitrogen and oxygen atoms in total. The molecular weight excluding hydrogens is 836 g/mol. The molecule has 0 aromatic heterocycles. The van der Waals surface area contributed by atoms with Gasteiger partial charge in [-0.3, -0.25) is 19.2 Å². The van der Waals surface area contributed by atoms with Gasteiger partial charge in [-0.25, -0.2) is 0 Å². The Hall–Kier alpha value is -2.48. The number of rotatable bonds is 12. The van der Waals surface area contributed by atoms with Crippen LogP contribution >= 0.6 is 0 Å². The second kappa shape index (κ2) is 19.6. The predicted octanol–water partition coefficient (Wildman–Crippen LogP) is 4.40. The summed E-state index contributed by atoms with van der Waals surface area (Å²) >= 11 is 0. The summed E-state index contributed by atoms with van der Waals surface area (Å²) in [5.74, 6) is -1.29. The fourth-order valence-electron chi connectivity index (χ4n) is 13.7. The number of aliphatic hydroxyl groups excluding tert-OH is 2. The molecule has 0 aromatic carbocycles. The first-order valence-corrected chi connectivity index (χ1v) is 23.8. The van der Waals surface area contributed by atoms with Gasteiger partial charge in [-0.1, -0.05) is 13.8 Å². The minimum absolute atomic E-state index is 0.0427. The number of esters is 4. The summed E-state index contributed by atoms with van der Waals surface area (Å²) in [5, 5.41) is 33.0. The van der Waals surface area contributed by atoms with Gasteiger partial charge in [0.2, 0.25) is 0 Å². The van der Waals surface area contributed by atoms with Crippen molar-refractivity contribution in [2.45, 2.75) is 231 Å². The molecule has 3 heterocycles. The van der Waals surface area contributed by atoms with Gasteiger partial charge in [-0.05, 0) is 108 Å². The van der Waals surface area contributed by atoms with E-state index < -0.39 is 115 Å². The van der Waals surface area contributed by atoms with Crippen molar-refractivity contribution in [3.8, 4) is 0 Å². The molecule has 4 saturated carbocycles. The van der Waals surface area contributed by atoms with Crippen LogP contribution in [0, 0.1) is 34.5 Å². The molecule has 3 N–H and O–H groups in total. The Morgan fingerprint density at radius 3 is 1.58 bits per heavy atom. The van der Waals surface area contributed by atoms with Crippen LogP contribution in [0.25, 0.3) is 0 Å². The molecule has 3 aliphatic heterocycles. The topological polar surface area (TPSA) is 221 Å². The van der Waals surface area contributed by atoms with Gasteiger partial charge in [0, 0.05) is 52.4 Å². The molecule has 0 aromatic rings. The van der Waals surface area contributed by atoms with E-state index in [1.54, 1.807) is 13.8 Å². The van der Waals surface area contributed by atoms with E-state index in [0.29, 0.717) is 18.3 Å². The van der Waals surface area contributed by atoms with Gasteiger partial charge in [0.05, 0.1) is 42.7 Å². The number of ether oxygens (including phenoxy) is 10. The van der Waals surface area contributed by atoms with E-state index in [4.69, 9.17) is 47.4 Å². The number of fused-ring (bicyclic) bond motifs is 5. The molecule has 7 aliphatic rings. The second-order valence-corrected chi connectivity index (χ2v) is 20.5. The third kappa shape index (κ3) is 9.90. The third-order valence-corrected chi connectivity index (χ3v) is 16.6. The highest BCUT2D eigenvalue weighted by atomic mass is 16.8. The molecule has 0 bridgehead atoms. The van der Waals surface area contributed by atoms with Crippen LogP contribution in [-0.2, 0) is 66.5 Å². The number of aliphatic hydroxyl groups is 3. The smallest absolute Gasteiger partial charge is 0.303 e. The molecule has 3 saturated heterocycles. The highest BCUT2D eigenvalue weighted by Crippen LogP contribution is 2.69. The molecule has 7 fully saturated rings. The van der Waals surface area contributed by atoms with Gasteiger partial charge >= 0.3 is 23.9 Å². The first-order valence-electron chi connectivity index (χ1n) is 23.8. The maximum absolute atomic E-state index is 12.5. The minimum atomic E-state index is -0.923. The average molecular weight is 911 g/mol. The van der Waals surface area contributed by atoms with Crippen LogP contribution in [0.5, 0.6) is 0 Å². The lowest BCUT2D eigenvalue weighted by atomic mass is 9.43. The maximum atomic E-state index is 12.5. The summed E-state index contributed by atoms with van der Waals surface area (Å²) in [4.78, 5) is 48.7. The van der Waals surface area contributed by atoms with Crippen LogP contribution in [0.4, 0.5) is 0 Å². The lowest BCUT2D eigenvalue weighted by molar-refractivity contribution is -0.337. The molecule has 17 heteroatoms. The molecule has 0 amide bonds. The Morgan fingerprint density at radius 2 is 1.08 bits per heavy atom. The Morgan fingerprint density at radius 1 is 0.594 bits per heavy atom. The van der Waals surface area contributed by atoms with Crippen molar-refractivity contribution in [2.24, 2.45) is 34.5 Å². The zero-order chi connectivity index (χ0) is 46.5. The van der Waals surface area contributed by atoms with Crippen molar-refractivity contribution in [3.05, 3.63) is 0 Å². The highest BCUT2D eigenvalue weighted by molar-refractivity contribution is 5.67. The van der Waals surface area contributed by atoms with E-state index in [1.165, 1.54) is 27.7 Å². The van der Waals surface area contributed by atoms with Crippen LogP contribution in [-0.4, -0.2) is 137 Å². The normalized spacial score (nSPS) is 47.2. The molecule has 21 atom stereocenters. The van der Waals surface area contributed by atoms with E-state index in [1.807, 2.05) is 6.92 Å². The van der Waals surface area contributed by atoms with Gasteiger partial charge in [0.1, 0.15) is 30.5 Å². The van der Waals surface area contributed by atoms with E-state index in [9.17, 15) is 34.5 Å². The molecular formula is C47H74O17. The highest BCUT2D eigenvalue weighted by Gasteiger charge is 2.68. The predicted molar refractivity (Wildman–Crippen MR) is 223 cm³/mol. The zero-order valence-electron chi connectivity index (χ0n) is 39.1. The SMILES string of the molecule is CC(=O)O[C@H]1[C@@H](OC(C)=O)C[C@H](O[C@H]2[C@@H](OC(C)=O)C[C@H](O[C@H]3[C@@H](OC(C)=O)C[C@H](O[C@H]4CC[C@@]5(C)[C@H](CC[C@@H]6[C@@H]5CC[C@]5(C)[C@@H](C(O)CO)CC[C@]65O)C4)O[C@@H]3C)O[C@@H]2C)O[C@@H]1C. The first-order chi connectivity index (χ1) is 30.1. The van der Waals surface area contributed by atoms with E-state index in [-0.39, 0.29) is 49.2 Å². The number of hydrogen-bond donors (Lipinski definition) is 3. The number of carbonyl (C=O) groups is 4. The van der Waals surface area contributed by atoms with Gasteiger partial charge in [0.25, 0.3) is 0 Å². The summed E-state index contributed by atoms with van der Waals surface area (Å²) in [6.45, 7) is 14.7. The Balaban J connectivity index is 0.965. The van der Waals surface area contributed by atoms with Crippen molar-refractivity contribution in [2.75, 3.05) is 6.61 Å². The number of carbonyl (C=O) groups excluding carboxylic acids is 4. The van der Waals surface area contributed by atoms with E-state index in [2.05, 4.69) is 13.8 Å². The second-order valence-electron chi connectivity index (χ2n) is 20.5. The quantitative estimate of drug-likeness (QED) is 0.140. The summed E-state index contributed by atoms with van der Waals surface area (Å²) in [6, 6.07) is 0. The van der Waals surface area contributed by atoms with Crippen molar-refractivity contribution in [3.63, 3.8) is 0 Å². The molecule has 1 unspecified atom stereocenters. The van der Waals surface area contributed by atoms with E-state index in [0.717, 1.165) is 51.4 Å². The van der Waals surface area contributed by atoms with Gasteiger partial charge in [0.15, 0.2) is 25.0 Å². The molecule has 4 aliphatic carbocycles. The Kier molecular flexibility index (Phi) is 15.2. The zero-order valence-corrected chi connectivity index (χ0v) is 39.1. The Bertz CT molecular complexity index is 1680. The summed E-state index contributed by atoms with van der Waals surface area (Å²) < 4.78 is 61.1. The monoisotopic (exact) mass is 910 g/mol. The van der Waals surface area contributed by atoms with Crippen LogP contribution in [0.3, 0.4) is 0 Å². The molecule has 0 spiro atoms. The van der Waals surface area contributed by atoms with Crippen molar-refractivity contribution in [1.29, 1.82) is 0 Å². The standard InChI is InChI=1S/C47H74O17/c1-23-42(61-29(7)52)36(58-26(4)49)20-40(56-23)63-44-25(3)57-41(21-38(44)60-28(6)51)64-43-24(2)55-39(19-37(43)59-27(5)50)62-31-12-15-45(8)30(18-31)10-11-33-32(45)13-16-46(9)34(35(53)22-48)14-17-47(33,46)54/h23-25,30-44,48,53-54H,10-22H2,1-9H3/t23-,24-,25-,30-,31+,32+,33-,34-,35?,36+,37+,38+,39+,40+,41+,42-,43-,44-,45+,46-,47+/m1/s1. The van der Waals surface area contributed by atoms with Crippen molar-refractivity contribution >= 4 is 23.9 Å². The van der Waals surface area contributed by atoms with Crippen molar-refractivity contribution in [1.82, 2.24) is 0 Å². The van der Waals surface area contributed by atoms with Crippen molar-refractivity contribution < 1.29 is 81.9 Å². The van der Waals surface area contributed by atoms with Crippen LogP contribution < -0.4 is 0 Å².